The summed E-state index contributed by atoms with van der Waals surface area (Å²) in [6, 6.07) is 10.2. The van der Waals surface area contributed by atoms with Crippen LogP contribution in [-0.2, 0) is 6.42 Å². The molecule has 0 aliphatic carbocycles. The van der Waals surface area contributed by atoms with E-state index in [1.165, 1.54) is 43.7 Å². The number of pyridine rings is 2. The van der Waals surface area contributed by atoms with E-state index in [9.17, 15) is 27.6 Å². The maximum absolute atomic E-state index is 12.9. The van der Waals surface area contributed by atoms with Crippen molar-refractivity contribution in [2.24, 2.45) is 0 Å². The Kier molecular flexibility index (Phi) is 7.24. The zero-order chi connectivity index (χ0) is 23.3. The second-order valence-electron chi connectivity index (χ2n) is 6.82. The Morgan fingerprint density at radius 3 is 2.16 bits per heavy atom. The molecule has 1 unspecified atom stereocenters. The molecule has 2 aromatic heterocycles. The second kappa shape index (κ2) is 10.1. The Hall–Kier alpha value is -3.69. The van der Waals surface area contributed by atoms with Crippen molar-refractivity contribution in [3.63, 3.8) is 0 Å². The molecular weight excluding hydrogens is 432 g/mol. The van der Waals surface area contributed by atoms with E-state index in [0.717, 1.165) is 11.6 Å². The van der Waals surface area contributed by atoms with Gasteiger partial charge in [-0.3, -0.25) is 9.78 Å². The van der Waals surface area contributed by atoms with Crippen LogP contribution in [0.25, 0.3) is 0 Å². The first-order valence-electron chi connectivity index (χ1n) is 9.41. The van der Waals surface area contributed by atoms with Crippen LogP contribution in [0.1, 0.15) is 40.0 Å². The molecule has 0 spiro atoms. The Bertz CT molecular complexity index is 1060. The van der Waals surface area contributed by atoms with Gasteiger partial charge in [0, 0.05) is 31.2 Å². The topological polar surface area (TPSA) is 75.4 Å². The first-order chi connectivity index (χ1) is 15.2. The summed E-state index contributed by atoms with van der Waals surface area (Å²) < 4.78 is 60.3. The number of carbonyl (C=O) groups is 1. The zero-order valence-corrected chi connectivity index (χ0v) is 16.8. The van der Waals surface area contributed by atoms with Gasteiger partial charge in [0.1, 0.15) is 5.69 Å². The van der Waals surface area contributed by atoms with Crippen molar-refractivity contribution < 1.29 is 36.6 Å². The largest absolute Gasteiger partial charge is 0.619 e. The molecule has 0 saturated heterocycles. The van der Waals surface area contributed by atoms with Gasteiger partial charge in [-0.15, -0.1) is 0 Å². The van der Waals surface area contributed by atoms with Gasteiger partial charge >= 0.3 is 13.2 Å². The summed E-state index contributed by atoms with van der Waals surface area (Å²) in [6.07, 6.45) is 4.43. The predicted octanol–water partition coefficient (Wildman–Crippen LogP) is 4.50. The molecule has 1 aromatic carbocycles. The fourth-order valence-electron chi connectivity index (χ4n) is 3.19. The monoisotopic (exact) mass is 450 g/mol. The van der Waals surface area contributed by atoms with Crippen molar-refractivity contribution in [3.05, 3.63) is 88.6 Å². The van der Waals surface area contributed by atoms with Crippen LogP contribution in [0.3, 0.4) is 0 Å². The third kappa shape index (κ3) is 5.93. The Morgan fingerprint density at radius 2 is 1.59 bits per heavy atom. The first kappa shape index (κ1) is 23.0. The molecule has 168 valence electrons. The normalized spacial score (nSPS) is 12.1. The fourth-order valence-corrected chi connectivity index (χ4v) is 3.19. The number of benzene rings is 1. The smallest absolute Gasteiger partial charge is 0.387 e. The molecule has 2 heterocycles. The van der Waals surface area contributed by atoms with E-state index in [1.807, 2.05) is 0 Å². The van der Waals surface area contributed by atoms with E-state index < -0.39 is 30.6 Å². The third-order valence-electron chi connectivity index (χ3n) is 4.66. The Balaban J connectivity index is 2.04. The van der Waals surface area contributed by atoms with E-state index in [4.69, 9.17) is 0 Å². The highest BCUT2D eigenvalue weighted by Crippen LogP contribution is 2.36. The van der Waals surface area contributed by atoms with E-state index >= 15 is 0 Å². The van der Waals surface area contributed by atoms with Crippen molar-refractivity contribution in [3.8, 4) is 11.5 Å². The molecule has 0 amide bonds. The molecule has 0 saturated carbocycles. The highest BCUT2D eigenvalue weighted by Gasteiger charge is 2.21. The Morgan fingerprint density at radius 1 is 0.969 bits per heavy atom. The van der Waals surface area contributed by atoms with E-state index in [2.05, 4.69) is 14.5 Å². The predicted molar refractivity (Wildman–Crippen MR) is 105 cm³/mol. The van der Waals surface area contributed by atoms with Gasteiger partial charge in [-0.1, -0.05) is 12.1 Å². The van der Waals surface area contributed by atoms with Crippen LogP contribution >= 0.6 is 0 Å². The number of alkyl halides is 4. The lowest BCUT2D eigenvalue weighted by Crippen LogP contribution is -2.24. The van der Waals surface area contributed by atoms with Gasteiger partial charge in [0.25, 0.3) is 0 Å². The number of halogens is 4. The van der Waals surface area contributed by atoms with E-state index in [0.29, 0.717) is 22.3 Å². The molecule has 0 aliphatic heterocycles. The molecule has 0 bridgehead atoms. The third-order valence-corrected chi connectivity index (χ3v) is 4.66. The molecule has 0 aliphatic rings. The number of rotatable bonds is 9. The summed E-state index contributed by atoms with van der Waals surface area (Å²) in [5, 5.41) is 11.3. The molecule has 0 fully saturated rings. The van der Waals surface area contributed by atoms with Gasteiger partial charge in [-0.05, 0) is 41.3 Å². The lowest BCUT2D eigenvalue weighted by molar-refractivity contribution is -0.605. The van der Waals surface area contributed by atoms with Crippen molar-refractivity contribution in [1.82, 2.24) is 4.98 Å². The van der Waals surface area contributed by atoms with Gasteiger partial charge < -0.3 is 14.7 Å². The zero-order valence-electron chi connectivity index (χ0n) is 16.8. The number of hydrogen-bond donors (Lipinski definition) is 0. The minimum Gasteiger partial charge on any atom is -0.619 e. The molecule has 0 N–H and O–H groups in total. The fraction of sp³-hybridized carbons (Fsp3) is 0.227. The number of Topliss-reactive ketones (excluding diaryl/α,β-unsaturated/α-hetero) is 1. The van der Waals surface area contributed by atoms with Crippen molar-refractivity contribution in [2.45, 2.75) is 32.5 Å². The Labute approximate surface area is 180 Å². The lowest BCUT2D eigenvalue weighted by Gasteiger charge is -2.20. The number of ether oxygens (including phenoxy) is 2. The number of hydrogen-bond acceptors (Lipinski definition) is 5. The van der Waals surface area contributed by atoms with Crippen molar-refractivity contribution in [2.75, 3.05) is 0 Å². The van der Waals surface area contributed by atoms with Gasteiger partial charge in [-0.25, -0.2) is 0 Å². The van der Waals surface area contributed by atoms with Crippen molar-refractivity contribution in [1.29, 1.82) is 0 Å². The summed E-state index contributed by atoms with van der Waals surface area (Å²) in [5.74, 6) is -1.77. The lowest BCUT2D eigenvalue weighted by atomic mass is 9.86. The van der Waals surface area contributed by atoms with Gasteiger partial charge in [0.2, 0.25) is 0 Å². The van der Waals surface area contributed by atoms with E-state index in [-0.39, 0.29) is 11.5 Å². The van der Waals surface area contributed by atoms with Gasteiger partial charge in [0.05, 0.1) is 0 Å². The molecular formula is C22H18F4N2O4. The standard InChI is InChI=1S/C22H18F4N2O4/c1-13(29)18-4-2-16(12-27-18)17(10-14-6-8-28(30)9-7-14)15-3-5-19(31-21(23)24)20(11-15)32-22(25)26/h2-9,11-12,17,21-22H,10H2,1H3. The molecule has 6 nitrogen and oxygen atoms in total. The number of aromatic nitrogens is 2. The van der Waals surface area contributed by atoms with Crippen LogP contribution in [0.4, 0.5) is 17.6 Å². The van der Waals surface area contributed by atoms with Crippen LogP contribution in [0, 0.1) is 5.21 Å². The molecule has 3 rings (SSSR count). The minimum atomic E-state index is -3.25. The molecule has 3 aromatic rings. The SMILES string of the molecule is CC(=O)c1ccc(C(Cc2cc[n+]([O-])cc2)c2ccc(OC(F)F)c(OC(F)F)c2)cn1. The maximum atomic E-state index is 12.9. The average molecular weight is 450 g/mol. The second-order valence-corrected chi connectivity index (χ2v) is 6.82. The quantitative estimate of drug-likeness (QED) is 0.208. The molecule has 10 heteroatoms. The average Bonchev–Trinajstić information content (AvgIpc) is 2.74. The van der Waals surface area contributed by atoms with E-state index in [1.54, 1.807) is 18.2 Å². The summed E-state index contributed by atoms with van der Waals surface area (Å²) in [5.41, 5.74) is 2.10. The number of ketones is 1. The van der Waals surface area contributed by atoms with Gasteiger partial charge in [-0.2, -0.15) is 22.3 Å². The van der Waals surface area contributed by atoms with Crippen LogP contribution < -0.4 is 14.2 Å². The highest BCUT2D eigenvalue weighted by molar-refractivity contribution is 5.92. The molecule has 32 heavy (non-hydrogen) atoms. The summed E-state index contributed by atoms with van der Waals surface area (Å²) in [6.45, 7) is -5.10. The van der Waals surface area contributed by atoms with Crippen LogP contribution in [0.5, 0.6) is 11.5 Å². The van der Waals surface area contributed by atoms with Crippen LogP contribution in [0.15, 0.2) is 61.1 Å². The van der Waals surface area contributed by atoms with Gasteiger partial charge in [0.15, 0.2) is 29.7 Å². The van der Waals surface area contributed by atoms with Crippen molar-refractivity contribution >= 4 is 5.78 Å². The van der Waals surface area contributed by atoms with Crippen LogP contribution in [-0.4, -0.2) is 24.0 Å². The highest BCUT2D eigenvalue weighted by atomic mass is 19.3. The molecule has 0 radical (unpaired) electrons. The summed E-state index contributed by atoms with van der Waals surface area (Å²) in [4.78, 5) is 15.7. The summed E-state index contributed by atoms with van der Waals surface area (Å²) in [7, 11) is 0. The maximum Gasteiger partial charge on any atom is 0.387 e. The first-order valence-corrected chi connectivity index (χ1v) is 9.41. The van der Waals surface area contributed by atoms with Crippen LogP contribution in [0.2, 0.25) is 0 Å². The summed E-state index contributed by atoms with van der Waals surface area (Å²) >= 11 is 0. The molecule has 1 atom stereocenters. The number of carbonyl (C=O) groups excluding carboxylic acids is 1. The number of nitrogens with zero attached hydrogens (tertiary/aromatic N) is 2. The minimum absolute atomic E-state index is 0.225.